The number of aliphatic carboxylic acids is 1. The molecular formula is C20H22N4O3. The Labute approximate surface area is 157 Å². The van der Waals surface area contributed by atoms with E-state index in [-0.39, 0.29) is 19.0 Å². The normalized spacial score (nSPS) is 24.3. The lowest BCUT2D eigenvalue weighted by molar-refractivity contribution is -0.149. The summed E-state index contributed by atoms with van der Waals surface area (Å²) in [5.41, 5.74) is 0.672. The van der Waals surface area contributed by atoms with Crippen molar-refractivity contribution in [3.63, 3.8) is 0 Å². The number of nitrogens with zero attached hydrogens (tertiary/aromatic N) is 4. The van der Waals surface area contributed by atoms with Crippen molar-refractivity contribution in [1.29, 1.82) is 0 Å². The van der Waals surface area contributed by atoms with E-state index in [2.05, 4.69) is 10.2 Å². The molecule has 2 aliphatic rings. The van der Waals surface area contributed by atoms with Crippen molar-refractivity contribution in [1.82, 2.24) is 15.1 Å². The Bertz CT molecular complexity index is 855. The molecule has 2 saturated heterocycles. The molecule has 2 aromatic rings. The largest absolute Gasteiger partial charge is 0.481 e. The minimum atomic E-state index is -1.06. The van der Waals surface area contributed by atoms with Crippen LogP contribution in [-0.2, 0) is 9.59 Å². The van der Waals surface area contributed by atoms with Crippen molar-refractivity contribution >= 4 is 17.7 Å². The predicted molar refractivity (Wildman–Crippen MR) is 100 cm³/mol. The van der Waals surface area contributed by atoms with Crippen molar-refractivity contribution in [2.45, 2.75) is 13.3 Å². The Morgan fingerprint density at radius 1 is 1.19 bits per heavy atom. The Balaban J connectivity index is 1.57. The van der Waals surface area contributed by atoms with Gasteiger partial charge in [-0.1, -0.05) is 37.3 Å². The summed E-state index contributed by atoms with van der Waals surface area (Å²) in [5.74, 6) is -0.886. The van der Waals surface area contributed by atoms with E-state index in [1.165, 1.54) is 0 Å². The van der Waals surface area contributed by atoms with E-state index >= 15 is 0 Å². The molecule has 2 fully saturated rings. The number of carboxylic acids is 1. The van der Waals surface area contributed by atoms with Gasteiger partial charge in [0.2, 0.25) is 5.91 Å². The highest BCUT2D eigenvalue weighted by atomic mass is 16.4. The number of anilines is 1. The number of carboxylic acid groups (broad SMARTS) is 1. The van der Waals surface area contributed by atoms with Gasteiger partial charge in [-0.2, -0.15) is 0 Å². The number of benzene rings is 1. The third kappa shape index (κ3) is 2.83. The molecule has 1 amide bonds. The van der Waals surface area contributed by atoms with E-state index in [9.17, 15) is 14.7 Å². The topological polar surface area (TPSA) is 86.6 Å². The molecule has 1 aromatic heterocycles. The van der Waals surface area contributed by atoms with Gasteiger partial charge in [-0.25, -0.2) is 0 Å². The first-order valence-corrected chi connectivity index (χ1v) is 9.21. The second kappa shape index (κ2) is 6.64. The molecule has 1 N–H and O–H groups in total. The van der Waals surface area contributed by atoms with Gasteiger partial charge in [-0.15, -0.1) is 10.2 Å². The number of aromatic nitrogens is 2. The van der Waals surface area contributed by atoms with Crippen LogP contribution in [0.1, 0.15) is 13.3 Å². The molecule has 2 atom stereocenters. The fraction of sp³-hybridized carbons (Fsp3) is 0.400. The van der Waals surface area contributed by atoms with Crippen LogP contribution in [0.2, 0.25) is 0 Å². The smallest absolute Gasteiger partial charge is 0.314 e. The molecule has 0 bridgehead atoms. The first-order chi connectivity index (χ1) is 13.0. The SMILES string of the molecule is CCCN1C[C@@]2(C(=O)O)CN(c3ccc(-c4ccccc4)nn3)C[C@H]2C1=O. The lowest BCUT2D eigenvalue weighted by Gasteiger charge is -2.25. The molecule has 27 heavy (non-hydrogen) atoms. The third-order valence-electron chi connectivity index (χ3n) is 5.59. The van der Waals surface area contributed by atoms with E-state index in [4.69, 9.17) is 0 Å². The number of amides is 1. The standard InChI is InChI=1S/C20H22N4O3/c1-2-10-23-12-20(19(26)27)13-24(11-15(20)18(23)25)17-9-8-16(21-22-17)14-6-4-3-5-7-14/h3-9,15H,2,10-13H2,1H3,(H,26,27)/t15-,20+/m0/s1. The maximum Gasteiger partial charge on any atom is 0.314 e. The quantitative estimate of drug-likeness (QED) is 0.870. The molecule has 2 aliphatic heterocycles. The molecule has 0 aliphatic carbocycles. The number of carbonyl (C=O) groups is 2. The molecule has 0 radical (unpaired) electrons. The molecule has 4 rings (SSSR count). The van der Waals surface area contributed by atoms with Crippen LogP contribution >= 0.6 is 0 Å². The average molecular weight is 366 g/mol. The van der Waals surface area contributed by atoms with Crippen LogP contribution in [0.25, 0.3) is 11.3 Å². The molecular weight excluding hydrogens is 344 g/mol. The van der Waals surface area contributed by atoms with Crippen LogP contribution in [0, 0.1) is 11.3 Å². The van der Waals surface area contributed by atoms with E-state index < -0.39 is 17.3 Å². The summed E-state index contributed by atoms with van der Waals surface area (Å²) in [6.45, 7) is 3.51. The van der Waals surface area contributed by atoms with Crippen LogP contribution in [0.5, 0.6) is 0 Å². The second-order valence-corrected chi connectivity index (χ2v) is 7.30. The molecule has 0 unspecified atom stereocenters. The summed E-state index contributed by atoms with van der Waals surface area (Å²) in [4.78, 5) is 28.3. The summed E-state index contributed by atoms with van der Waals surface area (Å²) in [6, 6.07) is 13.5. The summed E-state index contributed by atoms with van der Waals surface area (Å²) < 4.78 is 0. The zero-order valence-electron chi connectivity index (χ0n) is 15.2. The highest BCUT2D eigenvalue weighted by Gasteiger charge is 2.62. The number of fused-ring (bicyclic) bond motifs is 1. The molecule has 1 aromatic carbocycles. The Kier molecular flexibility index (Phi) is 4.30. The van der Waals surface area contributed by atoms with E-state index in [0.29, 0.717) is 18.9 Å². The van der Waals surface area contributed by atoms with Crippen LogP contribution < -0.4 is 4.90 Å². The molecule has 7 nitrogen and oxygen atoms in total. The van der Waals surface area contributed by atoms with Gasteiger partial charge in [0, 0.05) is 31.7 Å². The minimum Gasteiger partial charge on any atom is -0.481 e. The monoisotopic (exact) mass is 366 g/mol. The van der Waals surface area contributed by atoms with Gasteiger partial charge in [0.1, 0.15) is 5.41 Å². The van der Waals surface area contributed by atoms with Gasteiger partial charge in [0.25, 0.3) is 0 Å². The Hall–Kier alpha value is -2.96. The van der Waals surface area contributed by atoms with Crippen LogP contribution in [0.4, 0.5) is 5.82 Å². The predicted octanol–water partition coefficient (Wildman–Crippen LogP) is 1.90. The second-order valence-electron chi connectivity index (χ2n) is 7.30. The zero-order valence-corrected chi connectivity index (χ0v) is 15.2. The molecule has 0 saturated carbocycles. The van der Waals surface area contributed by atoms with Gasteiger partial charge in [0.15, 0.2) is 5.82 Å². The van der Waals surface area contributed by atoms with Crippen molar-refractivity contribution in [3.8, 4) is 11.3 Å². The highest BCUT2D eigenvalue weighted by molar-refractivity contribution is 5.93. The van der Waals surface area contributed by atoms with E-state index in [1.54, 1.807) is 4.90 Å². The summed E-state index contributed by atoms with van der Waals surface area (Å²) in [7, 11) is 0. The van der Waals surface area contributed by atoms with Gasteiger partial charge < -0.3 is 14.9 Å². The van der Waals surface area contributed by atoms with E-state index in [0.717, 1.165) is 17.7 Å². The molecule has 7 heteroatoms. The van der Waals surface area contributed by atoms with Crippen LogP contribution in [-0.4, -0.2) is 58.3 Å². The number of hydrogen-bond acceptors (Lipinski definition) is 5. The number of rotatable bonds is 5. The Morgan fingerprint density at radius 2 is 1.96 bits per heavy atom. The van der Waals surface area contributed by atoms with Crippen molar-refractivity contribution < 1.29 is 14.7 Å². The van der Waals surface area contributed by atoms with Gasteiger partial charge in [-0.05, 0) is 18.6 Å². The van der Waals surface area contributed by atoms with Gasteiger partial charge in [-0.3, -0.25) is 9.59 Å². The average Bonchev–Trinajstić information content (AvgIpc) is 3.19. The Morgan fingerprint density at radius 3 is 2.56 bits per heavy atom. The molecule has 0 spiro atoms. The maximum atomic E-state index is 12.7. The van der Waals surface area contributed by atoms with Gasteiger partial charge >= 0.3 is 5.97 Å². The number of carbonyl (C=O) groups excluding carboxylic acids is 1. The summed E-state index contributed by atoms with van der Waals surface area (Å²) >= 11 is 0. The number of hydrogen-bond donors (Lipinski definition) is 1. The van der Waals surface area contributed by atoms with Crippen molar-refractivity contribution in [2.24, 2.45) is 11.3 Å². The van der Waals surface area contributed by atoms with Gasteiger partial charge in [0.05, 0.1) is 11.6 Å². The van der Waals surface area contributed by atoms with Crippen LogP contribution in [0.3, 0.4) is 0 Å². The zero-order chi connectivity index (χ0) is 19.0. The lowest BCUT2D eigenvalue weighted by Crippen LogP contribution is -2.41. The third-order valence-corrected chi connectivity index (χ3v) is 5.59. The number of likely N-dealkylation sites (tertiary alicyclic amines) is 1. The fourth-order valence-electron chi connectivity index (χ4n) is 4.20. The highest BCUT2D eigenvalue weighted by Crippen LogP contribution is 2.44. The first-order valence-electron chi connectivity index (χ1n) is 9.21. The minimum absolute atomic E-state index is 0.0596. The summed E-state index contributed by atoms with van der Waals surface area (Å²) in [6.07, 6.45) is 0.824. The summed E-state index contributed by atoms with van der Waals surface area (Å²) in [5, 5.41) is 18.5. The van der Waals surface area contributed by atoms with Crippen molar-refractivity contribution in [3.05, 3.63) is 42.5 Å². The first kappa shape index (κ1) is 17.5. The van der Waals surface area contributed by atoms with Crippen molar-refractivity contribution in [2.75, 3.05) is 31.1 Å². The van der Waals surface area contributed by atoms with Crippen LogP contribution in [0.15, 0.2) is 42.5 Å². The molecule has 140 valence electrons. The fourth-order valence-corrected chi connectivity index (χ4v) is 4.20. The van der Waals surface area contributed by atoms with E-state index in [1.807, 2.05) is 54.3 Å². The molecule has 3 heterocycles. The maximum absolute atomic E-state index is 12.7. The lowest BCUT2D eigenvalue weighted by atomic mass is 9.81.